The number of fused-ring (bicyclic) bond motifs is 1. The third-order valence-electron chi connectivity index (χ3n) is 4.15. The van der Waals surface area contributed by atoms with Crippen molar-refractivity contribution in [3.63, 3.8) is 0 Å². The predicted octanol–water partition coefficient (Wildman–Crippen LogP) is 2.80. The van der Waals surface area contributed by atoms with Crippen LogP contribution in [0, 0.1) is 0 Å². The molecule has 1 amide bonds. The number of anilines is 1. The van der Waals surface area contributed by atoms with Gasteiger partial charge in [-0.1, -0.05) is 36.4 Å². The van der Waals surface area contributed by atoms with E-state index < -0.39 is 0 Å². The largest absolute Gasteiger partial charge is 0.311 e. The Morgan fingerprint density at radius 3 is 2.78 bits per heavy atom. The number of aromatic nitrogens is 3. The van der Waals surface area contributed by atoms with Gasteiger partial charge in [0.05, 0.1) is 12.7 Å². The van der Waals surface area contributed by atoms with E-state index in [9.17, 15) is 4.79 Å². The summed E-state index contributed by atoms with van der Waals surface area (Å²) < 4.78 is 1.85. The molecule has 0 aliphatic carbocycles. The van der Waals surface area contributed by atoms with Crippen molar-refractivity contribution in [3.8, 4) is 0 Å². The van der Waals surface area contributed by atoms with Crippen molar-refractivity contribution in [1.82, 2.24) is 14.8 Å². The third-order valence-corrected chi connectivity index (χ3v) is 4.15. The van der Waals surface area contributed by atoms with Gasteiger partial charge in [0.15, 0.2) is 0 Å². The Bertz CT molecular complexity index is 827. The summed E-state index contributed by atoms with van der Waals surface area (Å²) in [6.07, 6.45) is 5.85. The van der Waals surface area contributed by atoms with E-state index in [-0.39, 0.29) is 11.8 Å². The Kier molecular flexibility index (Phi) is 3.38. The molecule has 1 aliphatic rings. The fourth-order valence-corrected chi connectivity index (χ4v) is 3.03. The number of benzene rings is 1. The lowest BCUT2D eigenvalue weighted by molar-refractivity contribution is -0.116. The van der Waals surface area contributed by atoms with E-state index in [1.807, 2.05) is 47.4 Å². The van der Waals surface area contributed by atoms with Gasteiger partial charge in [-0.2, -0.15) is 5.10 Å². The van der Waals surface area contributed by atoms with Crippen LogP contribution in [0.5, 0.6) is 0 Å². The van der Waals surface area contributed by atoms with Crippen LogP contribution in [0.1, 0.15) is 29.0 Å². The molecule has 0 fully saturated rings. The maximum Gasteiger partial charge on any atom is 0.226 e. The summed E-state index contributed by atoms with van der Waals surface area (Å²) in [7, 11) is 0. The zero-order valence-electron chi connectivity index (χ0n) is 12.5. The normalized spacial score (nSPS) is 16.7. The zero-order chi connectivity index (χ0) is 15.6. The van der Waals surface area contributed by atoms with E-state index in [4.69, 9.17) is 0 Å². The number of hydrogen-bond acceptors (Lipinski definition) is 3. The molecule has 0 saturated heterocycles. The van der Waals surface area contributed by atoms with Crippen LogP contribution in [-0.4, -0.2) is 20.7 Å². The van der Waals surface area contributed by atoms with Gasteiger partial charge in [0, 0.05) is 30.3 Å². The SMILES string of the molecule is O=C1CC(c2cccnc2)c2cnn(Cc3ccccc3)c2N1. The van der Waals surface area contributed by atoms with E-state index in [1.165, 1.54) is 0 Å². The number of carbonyl (C=O) groups is 1. The Morgan fingerprint density at radius 1 is 1.13 bits per heavy atom. The van der Waals surface area contributed by atoms with Crippen LogP contribution in [-0.2, 0) is 11.3 Å². The fraction of sp³-hybridized carbons (Fsp3) is 0.167. The monoisotopic (exact) mass is 304 g/mol. The Labute approximate surface area is 134 Å². The molecule has 5 nitrogen and oxygen atoms in total. The average molecular weight is 304 g/mol. The Hall–Kier alpha value is -2.95. The highest BCUT2D eigenvalue weighted by atomic mass is 16.1. The minimum absolute atomic E-state index is 0.0111. The molecule has 0 bridgehead atoms. The molecule has 1 aromatic carbocycles. The summed E-state index contributed by atoms with van der Waals surface area (Å²) in [5, 5.41) is 7.45. The lowest BCUT2D eigenvalue weighted by Gasteiger charge is -2.23. The molecule has 4 rings (SSSR count). The van der Waals surface area contributed by atoms with E-state index in [1.54, 1.807) is 6.20 Å². The van der Waals surface area contributed by atoms with Crippen molar-refractivity contribution in [2.24, 2.45) is 0 Å². The highest BCUT2D eigenvalue weighted by molar-refractivity contribution is 5.94. The van der Waals surface area contributed by atoms with Gasteiger partial charge in [0.25, 0.3) is 0 Å². The third kappa shape index (κ3) is 2.61. The highest BCUT2D eigenvalue weighted by Crippen LogP contribution is 2.36. The summed E-state index contributed by atoms with van der Waals surface area (Å²) in [6, 6.07) is 14.0. The van der Waals surface area contributed by atoms with E-state index in [2.05, 4.69) is 27.5 Å². The first-order valence-electron chi connectivity index (χ1n) is 7.60. The van der Waals surface area contributed by atoms with E-state index in [0.29, 0.717) is 13.0 Å². The van der Waals surface area contributed by atoms with Crippen LogP contribution in [0.15, 0.2) is 61.1 Å². The van der Waals surface area contributed by atoms with Gasteiger partial charge < -0.3 is 5.32 Å². The van der Waals surface area contributed by atoms with Crippen LogP contribution in [0.25, 0.3) is 0 Å². The summed E-state index contributed by atoms with van der Waals surface area (Å²) >= 11 is 0. The van der Waals surface area contributed by atoms with Crippen molar-refractivity contribution in [2.45, 2.75) is 18.9 Å². The number of nitrogens with one attached hydrogen (secondary N) is 1. The number of hydrogen-bond donors (Lipinski definition) is 1. The number of carbonyl (C=O) groups excluding carboxylic acids is 1. The predicted molar refractivity (Wildman–Crippen MR) is 87.1 cm³/mol. The molecule has 1 aliphatic heterocycles. The molecule has 1 N–H and O–H groups in total. The Morgan fingerprint density at radius 2 is 2.00 bits per heavy atom. The summed E-state index contributed by atoms with van der Waals surface area (Å²) in [5.74, 6) is 0.817. The van der Waals surface area contributed by atoms with Crippen LogP contribution in [0.2, 0.25) is 0 Å². The van der Waals surface area contributed by atoms with Gasteiger partial charge in [-0.05, 0) is 17.2 Å². The van der Waals surface area contributed by atoms with Gasteiger partial charge in [0.2, 0.25) is 5.91 Å². The molecule has 3 heterocycles. The maximum atomic E-state index is 12.1. The lowest BCUT2D eigenvalue weighted by Crippen LogP contribution is -2.25. The molecular weight excluding hydrogens is 288 g/mol. The first-order chi connectivity index (χ1) is 11.3. The molecule has 23 heavy (non-hydrogen) atoms. The van der Waals surface area contributed by atoms with Gasteiger partial charge in [-0.3, -0.25) is 9.78 Å². The number of nitrogens with zero attached hydrogens (tertiary/aromatic N) is 3. The second kappa shape index (κ2) is 5.68. The van der Waals surface area contributed by atoms with Crippen molar-refractivity contribution in [2.75, 3.05) is 5.32 Å². The van der Waals surface area contributed by atoms with Crippen LogP contribution in [0.3, 0.4) is 0 Å². The quantitative estimate of drug-likeness (QED) is 0.809. The zero-order valence-corrected chi connectivity index (χ0v) is 12.5. The molecule has 5 heteroatoms. The first kappa shape index (κ1) is 13.7. The summed E-state index contributed by atoms with van der Waals surface area (Å²) in [6.45, 7) is 0.635. The Balaban J connectivity index is 1.71. The lowest BCUT2D eigenvalue weighted by atomic mass is 9.88. The molecule has 0 saturated carbocycles. The number of amides is 1. The second-order valence-corrected chi connectivity index (χ2v) is 5.68. The van der Waals surface area contributed by atoms with Crippen molar-refractivity contribution >= 4 is 11.7 Å². The molecule has 2 aromatic heterocycles. The van der Waals surface area contributed by atoms with E-state index >= 15 is 0 Å². The van der Waals surface area contributed by atoms with Gasteiger partial charge >= 0.3 is 0 Å². The smallest absolute Gasteiger partial charge is 0.226 e. The molecule has 1 atom stereocenters. The van der Waals surface area contributed by atoms with Gasteiger partial charge in [-0.15, -0.1) is 0 Å². The van der Waals surface area contributed by atoms with Gasteiger partial charge in [-0.25, -0.2) is 4.68 Å². The minimum atomic E-state index is 0.0111. The summed E-state index contributed by atoms with van der Waals surface area (Å²) in [4.78, 5) is 16.3. The van der Waals surface area contributed by atoms with Crippen molar-refractivity contribution < 1.29 is 4.79 Å². The van der Waals surface area contributed by atoms with Gasteiger partial charge in [0.1, 0.15) is 5.82 Å². The van der Waals surface area contributed by atoms with E-state index in [0.717, 1.165) is 22.5 Å². The van der Waals surface area contributed by atoms with Crippen LogP contribution in [0.4, 0.5) is 5.82 Å². The van der Waals surface area contributed by atoms with Crippen LogP contribution < -0.4 is 5.32 Å². The van der Waals surface area contributed by atoms with Crippen LogP contribution >= 0.6 is 0 Å². The standard InChI is InChI=1S/C18H16N4O/c23-17-9-15(14-7-4-8-19-10-14)16-11-20-22(18(16)21-17)12-13-5-2-1-3-6-13/h1-8,10-11,15H,9,12H2,(H,21,23). The minimum Gasteiger partial charge on any atom is -0.311 e. The fourth-order valence-electron chi connectivity index (χ4n) is 3.03. The molecule has 1 unspecified atom stereocenters. The number of pyridine rings is 1. The first-order valence-corrected chi connectivity index (χ1v) is 7.60. The van der Waals surface area contributed by atoms with Crippen molar-refractivity contribution in [1.29, 1.82) is 0 Å². The summed E-state index contributed by atoms with van der Waals surface area (Å²) in [5.41, 5.74) is 3.24. The molecular formula is C18H16N4O. The molecule has 0 spiro atoms. The highest BCUT2D eigenvalue weighted by Gasteiger charge is 2.29. The number of rotatable bonds is 3. The molecule has 3 aromatic rings. The topological polar surface area (TPSA) is 59.8 Å². The van der Waals surface area contributed by atoms with Crippen molar-refractivity contribution in [3.05, 3.63) is 77.7 Å². The maximum absolute atomic E-state index is 12.1. The second-order valence-electron chi connectivity index (χ2n) is 5.68. The molecule has 0 radical (unpaired) electrons. The molecule has 114 valence electrons. The average Bonchev–Trinajstić information content (AvgIpc) is 2.99.